The van der Waals surface area contributed by atoms with Gasteiger partial charge in [0.25, 0.3) is 0 Å². The Kier molecular flexibility index (Phi) is 4.41. The minimum Gasteiger partial charge on any atom is -0.356 e. The van der Waals surface area contributed by atoms with E-state index in [2.05, 4.69) is 52.5 Å². The van der Waals surface area contributed by atoms with Crippen molar-refractivity contribution in [1.82, 2.24) is 19.7 Å². The summed E-state index contributed by atoms with van der Waals surface area (Å²) in [5, 5.41) is 10.6. The van der Waals surface area contributed by atoms with Crippen LogP contribution in [0.4, 0.5) is 11.5 Å². The largest absolute Gasteiger partial charge is 0.356 e. The topological polar surface area (TPSA) is 64.9 Å². The molecule has 1 atom stereocenters. The van der Waals surface area contributed by atoms with Gasteiger partial charge in [0.1, 0.15) is 5.52 Å². The first-order valence-corrected chi connectivity index (χ1v) is 9.92. The smallest absolute Gasteiger partial charge is 0.179 e. The zero-order chi connectivity index (χ0) is 18.9. The van der Waals surface area contributed by atoms with Crippen LogP contribution in [0.3, 0.4) is 0 Å². The van der Waals surface area contributed by atoms with Crippen LogP contribution < -0.4 is 5.32 Å². The summed E-state index contributed by atoms with van der Waals surface area (Å²) in [4.78, 5) is 9.05. The zero-order valence-electron chi connectivity index (χ0n) is 15.9. The third-order valence-electron chi connectivity index (χ3n) is 5.30. The summed E-state index contributed by atoms with van der Waals surface area (Å²) < 4.78 is 7.93. The van der Waals surface area contributed by atoms with Crippen LogP contribution in [0.2, 0.25) is 0 Å². The molecule has 5 rings (SSSR count). The van der Waals surface area contributed by atoms with Gasteiger partial charge in [0.2, 0.25) is 0 Å². The summed E-state index contributed by atoms with van der Waals surface area (Å²) in [6.07, 6.45) is 7.90. The first-order valence-electron chi connectivity index (χ1n) is 9.92. The number of nitrogens with one attached hydrogen (secondary N) is 1. The van der Waals surface area contributed by atoms with Gasteiger partial charge in [-0.3, -0.25) is 9.97 Å². The fourth-order valence-corrected chi connectivity index (χ4v) is 3.79. The van der Waals surface area contributed by atoms with Gasteiger partial charge in [-0.2, -0.15) is 0 Å². The maximum absolute atomic E-state index is 5.96. The van der Waals surface area contributed by atoms with Gasteiger partial charge in [-0.25, -0.2) is 4.68 Å². The lowest BCUT2D eigenvalue weighted by Gasteiger charge is -2.23. The molecule has 28 heavy (non-hydrogen) atoms. The average Bonchev–Trinajstić information content (AvgIpc) is 3.12. The number of pyridine rings is 2. The van der Waals surface area contributed by atoms with E-state index in [1.165, 1.54) is 5.39 Å². The molecule has 6 heteroatoms. The fourth-order valence-electron chi connectivity index (χ4n) is 3.79. The highest BCUT2D eigenvalue weighted by Crippen LogP contribution is 2.31. The molecule has 1 aromatic carbocycles. The van der Waals surface area contributed by atoms with E-state index in [1.54, 1.807) is 6.20 Å². The number of ether oxygens (including phenoxy) is 1. The number of aryl methyl sites for hydroxylation is 1. The molecule has 0 saturated carbocycles. The Bertz CT molecular complexity index is 1130. The molecule has 3 aromatic heterocycles. The molecular formula is C22H23N5O. The molecule has 0 spiro atoms. The van der Waals surface area contributed by atoms with Gasteiger partial charge >= 0.3 is 0 Å². The SMILES string of the molecule is CCc1cc2cc(Nc3nn(C4CCCCO4)c4cccnc34)ccc2cn1. The third-order valence-corrected chi connectivity index (χ3v) is 5.30. The number of nitrogens with zero attached hydrogens (tertiary/aromatic N) is 4. The number of rotatable bonds is 4. The molecule has 0 radical (unpaired) electrons. The predicted octanol–water partition coefficient (Wildman–Crippen LogP) is 4.98. The molecule has 0 amide bonds. The van der Waals surface area contributed by atoms with Gasteiger partial charge < -0.3 is 10.1 Å². The Balaban J connectivity index is 1.53. The highest BCUT2D eigenvalue weighted by Gasteiger charge is 2.21. The maximum atomic E-state index is 5.96. The normalized spacial score (nSPS) is 17.2. The summed E-state index contributed by atoms with van der Waals surface area (Å²) in [5.41, 5.74) is 3.94. The van der Waals surface area contributed by atoms with Gasteiger partial charge in [-0.1, -0.05) is 13.0 Å². The lowest BCUT2D eigenvalue weighted by atomic mass is 10.1. The Morgan fingerprint density at radius 1 is 1.14 bits per heavy atom. The van der Waals surface area contributed by atoms with Crippen LogP contribution in [0.5, 0.6) is 0 Å². The Hall–Kier alpha value is -2.99. The van der Waals surface area contributed by atoms with Crippen LogP contribution in [0.1, 0.15) is 38.1 Å². The minimum atomic E-state index is -0.0224. The van der Waals surface area contributed by atoms with E-state index in [9.17, 15) is 0 Å². The molecule has 1 unspecified atom stereocenters. The molecule has 142 valence electrons. The van der Waals surface area contributed by atoms with Crippen molar-refractivity contribution in [3.05, 3.63) is 54.5 Å². The van der Waals surface area contributed by atoms with Gasteiger partial charge in [0.05, 0.1) is 5.52 Å². The molecule has 1 aliphatic heterocycles. The van der Waals surface area contributed by atoms with Crippen molar-refractivity contribution in [2.75, 3.05) is 11.9 Å². The molecule has 6 nitrogen and oxygen atoms in total. The van der Waals surface area contributed by atoms with Crippen LogP contribution in [0.15, 0.2) is 48.8 Å². The lowest BCUT2D eigenvalue weighted by molar-refractivity contribution is -0.0365. The molecule has 1 aliphatic rings. The lowest BCUT2D eigenvalue weighted by Crippen LogP contribution is -2.19. The second-order valence-electron chi connectivity index (χ2n) is 7.20. The van der Waals surface area contributed by atoms with Crippen molar-refractivity contribution in [3.63, 3.8) is 0 Å². The Morgan fingerprint density at radius 3 is 2.96 bits per heavy atom. The van der Waals surface area contributed by atoms with E-state index in [1.807, 2.05) is 16.9 Å². The zero-order valence-corrected chi connectivity index (χ0v) is 15.9. The third kappa shape index (κ3) is 3.10. The van der Waals surface area contributed by atoms with E-state index in [0.29, 0.717) is 0 Å². The maximum Gasteiger partial charge on any atom is 0.179 e. The van der Waals surface area contributed by atoms with E-state index in [0.717, 1.165) is 65.9 Å². The standard InChI is InChI=1S/C22H23N5O/c1-2-17-12-16-13-18(9-8-15(16)14-24-17)25-22-21-19(6-5-10-23-21)27(26-22)20-7-3-4-11-28-20/h5-6,8-10,12-14,20H,2-4,7,11H2,1H3,(H,25,26). The first-order chi connectivity index (χ1) is 13.8. The summed E-state index contributed by atoms with van der Waals surface area (Å²) in [7, 11) is 0. The quantitative estimate of drug-likeness (QED) is 0.546. The number of anilines is 2. The van der Waals surface area contributed by atoms with Crippen molar-refractivity contribution in [2.24, 2.45) is 0 Å². The molecule has 0 aliphatic carbocycles. The highest BCUT2D eigenvalue weighted by atomic mass is 16.5. The van der Waals surface area contributed by atoms with Crippen LogP contribution in [0, 0.1) is 0 Å². The monoisotopic (exact) mass is 373 g/mol. The molecule has 1 saturated heterocycles. The summed E-state index contributed by atoms with van der Waals surface area (Å²) >= 11 is 0. The van der Waals surface area contributed by atoms with Crippen molar-refractivity contribution in [2.45, 2.75) is 38.8 Å². The highest BCUT2D eigenvalue weighted by molar-refractivity contribution is 5.91. The van der Waals surface area contributed by atoms with Crippen LogP contribution in [-0.2, 0) is 11.2 Å². The van der Waals surface area contributed by atoms with Crippen molar-refractivity contribution in [3.8, 4) is 0 Å². The number of benzene rings is 1. The molecule has 0 bridgehead atoms. The van der Waals surface area contributed by atoms with E-state index >= 15 is 0 Å². The van der Waals surface area contributed by atoms with Gasteiger partial charge in [0.15, 0.2) is 12.0 Å². The van der Waals surface area contributed by atoms with Crippen molar-refractivity contribution < 1.29 is 4.74 Å². The van der Waals surface area contributed by atoms with E-state index in [4.69, 9.17) is 9.84 Å². The molecule has 1 N–H and O–H groups in total. The number of aromatic nitrogens is 4. The predicted molar refractivity (Wildman–Crippen MR) is 111 cm³/mol. The number of hydrogen-bond acceptors (Lipinski definition) is 5. The van der Waals surface area contributed by atoms with Gasteiger partial charge in [0, 0.05) is 35.8 Å². The van der Waals surface area contributed by atoms with Crippen molar-refractivity contribution >= 4 is 33.3 Å². The van der Waals surface area contributed by atoms with Crippen LogP contribution in [0.25, 0.3) is 21.8 Å². The second kappa shape index (κ2) is 7.20. The van der Waals surface area contributed by atoms with Crippen molar-refractivity contribution in [1.29, 1.82) is 0 Å². The number of fused-ring (bicyclic) bond motifs is 2. The minimum absolute atomic E-state index is 0.0224. The molecule has 4 heterocycles. The molecular weight excluding hydrogens is 350 g/mol. The van der Waals surface area contributed by atoms with Gasteiger partial charge in [-0.15, -0.1) is 5.10 Å². The Labute approximate surface area is 163 Å². The molecule has 4 aromatic rings. The van der Waals surface area contributed by atoms with E-state index in [-0.39, 0.29) is 6.23 Å². The fraction of sp³-hybridized carbons (Fsp3) is 0.318. The summed E-state index contributed by atoms with van der Waals surface area (Å²) in [6.45, 7) is 2.90. The van der Waals surface area contributed by atoms with Gasteiger partial charge in [-0.05, 0) is 61.4 Å². The number of hydrogen-bond donors (Lipinski definition) is 1. The first kappa shape index (κ1) is 17.1. The molecule has 1 fully saturated rings. The summed E-state index contributed by atoms with van der Waals surface area (Å²) in [5.74, 6) is 0.758. The van der Waals surface area contributed by atoms with Crippen LogP contribution >= 0.6 is 0 Å². The summed E-state index contributed by atoms with van der Waals surface area (Å²) in [6, 6.07) is 12.4. The average molecular weight is 373 g/mol. The Morgan fingerprint density at radius 2 is 2.11 bits per heavy atom. The van der Waals surface area contributed by atoms with E-state index < -0.39 is 0 Å². The second-order valence-corrected chi connectivity index (χ2v) is 7.20. The van der Waals surface area contributed by atoms with Crippen LogP contribution in [-0.4, -0.2) is 26.4 Å².